The summed E-state index contributed by atoms with van der Waals surface area (Å²) in [6.07, 6.45) is 2.27. The molecule has 0 fully saturated rings. The summed E-state index contributed by atoms with van der Waals surface area (Å²) in [5.74, 6) is -0.899. The number of unbranched alkanes of at least 4 members (excludes halogenated alkanes) is 1. The fourth-order valence-electron chi connectivity index (χ4n) is 2.60. The van der Waals surface area contributed by atoms with E-state index in [1.807, 2.05) is 38.1 Å². The van der Waals surface area contributed by atoms with E-state index in [1.165, 1.54) is 17.8 Å². The Morgan fingerprint density at radius 3 is 2.56 bits per heavy atom. The van der Waals surface area contributed by atoms with Crippen LogP contribution in [0.15, 0.2) is 52.3 Å². The molecular formula is C20H24N2O4S. The maximum Gasteiger partial charge on any atom is 0.320 e. The predicted octanol–water partition coefficient (Wildman–Crippen LogP) is 4.79. The molecule has 6 nitrogen and oxygen atoms in total. The van der Waals surface area contributed by atoms with Crippen LogP contribution < -0.4 is 5.32 Å². The van der Waals surface area contributed by atoms with Gasteiger partial charge in [-0.3, -0.25) is 14.9 Å². The topological polar surface area (TPSA) is 92.5 Å². The first kappa shape index (κ1) is 20.9. The van der Waals surface area contributed by atoms with E-state index < -0.39 is 16.9 Å². The third-order valence-electron chi connectivity index (χ3n) is 4.17. The SMILES string of the molecule is CCCCC(NCc1ccc(Sc2ccc(C)cc2)c([N+](=O)[O-])c1)C(=O)O. The fraction of sp³-hybridized carbons (Fsp3) is 0.350. The lowest BCUT2D eigenvalue weighted by molar-refractivity contribution is -0.387. The molecule has 0 aliphatic carbocycles. The Bertz CT molecular complexity index is 793. The number of benzene rings is 2. The summed E-state index contributed by atoms with van der Waals surface area (Å²) in [6.45, 7) is 4.27. The molecule has 0 saturated heterocycles. The highest BCUT2D eigenvalue weighted by Gasteiger charge is 2.18. The van der Waals surface area contributed by atoms with Gasteiger partial charge in [0.1, 0.15) is 6.04 Å². The van der Waals surface area contributed by atoms with Crippen molar-refractivity contribution in [3.8, 4) is 0 Å². The van der Waals surface area contributed by atoms with Crippen molar-refractivity contribution in [1.29, 1.82) is 0 Å². The number of rotatable bonds is 10. The molecule has 0 amide bonds. The Hall–Kier alpha value is -2.38. The summed E-state index contributed by atoms with van der Waals surface area (Å²) >= 11 is 1.34. The van der Waals surface area contributed by atoms with E-state index in [1.54, 1.807) is 12.1 Å². The molecule has 0 aliphatic rings. The van der Waals surface area contributed by atoms with E-state index in [2.05, 4.69) is 5.32 Å². The normalized spacial score (nSPS) is 11.9. The lowest BCUT2D eigenvalue weighted by Crippen LogP contribution is -2.36. The first-order chi connectivity index (χ1) is 12.9. The van der Waals surface area contributed by atoms with Crippen molar-refractivity contribution in [2.45, 2.75) is 55.5 Å². The lowest BCUT2D eigenvalue weighted by atomic mass is 10.1. The Labute approximate surface area is 163 Å². The molecule has 1 unspecified atom stereocenters. The Morgan fingerprint density at radius 2 is 1.96 bits per heavy atom. The molecular weight excluding hydrogens is 364 g/mol. The molecule has 27 heavy (non-hydrogen) atoms. The molecule has 2 aromatic carbocycles. The molecule has 144 valence electrons. The van der Waals surface area contributed by atoms with Gasteiger partial charge < -0.3 is 10.4 Å². The van der Waals surface area contributed by atoms with Crippen molar-refractivity contribution in [3.05, 3.63) is 63.7 Å². The zero-order valence-corrected chi connectivity index (χ0v) is 16.3. The van der Waals surface area contributed by atoms with Gasteiger partial charge in [0.2, 0.25) is 0 Å². The molecule has 0 radical (unpaired) electrons. The van der Waals surface area contributed by atoms with E-state index in [-0.39, 0.29) is 12.2 Å². The number of nitro groups is 1. The zero-order chi connectivity index (χ0) is 19.8. The Kier molecular flexibility index (Phi) is 7.82. The van der Waals surface area contributed by atoms with E-state index in [0.29, 0.717) is 16.9 Å². The maximum absolute atomic E-state index is 11.5. The van der Waals surface area contributed by atoms with Gasteiger partial charge in [0, 0.05) is 17.5 Å². The smallest absolute Gasteiger partial charge is 0.320 e. The van der Waals surface area contributed by atoms with E-state index >= 15 is 0 Å². The van der Waals surface area contributed by atoms with Gasteiger partial charge in [0.25, 0.3) is 5.69 Å². The Balaban J connectivity index is 2.13. The molecule has 0 aliphatic heterocycles. The third-order valence-corrected chi connectivity index (χ3v) is 5.24. The van der Waals surface area contributed by atoms with Crippen molar-refractivity contribution < 1.29 is 14.8 Å². The van der Waals surface area contributed by atoms with E-state index in [0.717, 1.165) is 23.3 Å². The summed E-state index contributed by atoms with van der Waals surface area (Å²) in [4.78, 5) is 23.9. The average molecular weight is 388 g/mol. The molecule has 2 aromatic rings. The standard InChI is InChI=1S/C20H24N2O4S/c1-3-4-5-17(20(23)24)21-13-15-8-11-19(18(12-15)22(25)26)27-16-9-6-14(2)7-10-16/h6-12,17,21H,3-5,13H2,1-2H3,(H,23,24). The highest BCUT2D eigenvalue weighted by atomic mass is 32.2. The van der Waals surface area contributed by atoms with Crippen LogP contribution in [0, 0.1) is 17.0 Å². The van der Waals surface area contributed by atoms with Gasteiger partial charge in [-0.2, -0.15) is 0 Å². The van der Waals surface area contributed by atoms with Crippen LogP contribution in [0.25, 0.3) is 0 Å². The quantitative estimate of drug-likeness (QED) is 0.449. The summed E-state index contributed by atoms with van der Waals surface area (Å²) in [6, 6.07) is 12.2. The average Bonchev–Trinajstić information content (AvgIpc) is 2.64. The van der Waals surface area contributed by atoms with Crippen LogP contribution in [-0.4, -0.2) is 22.0 Å². The van der Waals surface area contributed by atoms with Gasteiger partial charge in [0.15, 0.2) is 0 Å². The number of hydrogen-bond acceptors (Lipinski definition) is 5. The third kappa shape index (κ3) is 6.37. The van der Waals surface area contributed by atoms with Crippen LogP contribution in [0.5, 0.6) is 0 Å². The summed E-state index contributed by atoms with van der Waals surface area (Å²) in [7, 11) is 0. The number of carboxylic acid groups (broad SMARTS) is 1. The number of aliphatic carboxylic acids is 1. The highest BCUT2D eigenvalue weighted by Crippen LogP contribution is 2.35. The fourth-order valence-corrected chi connectivity index (χ4v) is 3.50. The minimum absolute atomic E-state index is 0.0281. The minimum atomic E-state index is -0.899. The largest absolute Gasteiger partial charge is 0.480 e. The van der Waals surface area contributed by atoms with Gasteiger partial charge in [-0.15, -0.1) is 0 Å². The lowest BCUT2D eigenvalue weighted by Gasteiger charge is -2.14. The number of nitrogens with zero attached hydrogens (tertiary/aromatic N) is 1. The van der Waals surface area contributed by atoms with Crippen LogP contribution in [0.4, 0.5) is 5.69 Å². The second kappa shape index (κ2) is 10.1. The monoisotopic (exact) mass is 388 g/mol. The first-order valence-corrected chi connectivity index (χ1v) is 9.70. The molecule has 1 atom stereocenters. The van der Waals surface area contributed by atoms with Crippen molar-refractivity contribution in [1.82, 2.24) is 5.32 Å². The van der Waals surface area contributed by atoms with Crippen molar-refractivity contribution in [2.75, 3.05) is 0 Å². The maximum atomic E-state index is 11.5. The van der Waals surface area contributed by atoms with E-state index in [4.69, 9.17) is 0 Å². The van der Waals surface area contributed by atoms with Crippen LogP contribution in [0.3, 0.4) is 0 Å². The van der Waals surface area contributed by atoms with Gasteiger partial charge in [-0.05, 0) is 37.1 Å². The molecule has 2 rings (SSSR count). The predicted molar refractivity (Wildman–Crippen MR) is 106 cm³/mol. The zero-order valence-electron chi connectivity index (χ0n) is 15.5. The number of aryl methyl sites for hydroxylation is 1. The van der Waals surface area contributed by atoms with Crippen LogP contribution in [-0.2, 0) is 11.3 Å². The Morgan fingerprint density at radius 1 is 1.26 bits per heavy atom. The second-order valence-electron chi connectivity index (χ2n) is 6.39. The van der Waals surface area contributed by atoms with E-state index in [9.17, 15) is 20.0 Å². The number of nitrogens with one attached hydrogen (secondary N) is 1. The number of hydrogen-bond donors (Lipinski definition) is 2. The van der Waals surface area contributed by atoms with Crippen LogP contribution in [0.1, 0.15) is 37.3 Å². The number of nitro benzene ring substituents is 1. The highest BCUT2D eigenvalue weighted by molar-refractivity contribution is 7.99. The van der Waals surface area contributed by atoms with Gasteiger partial charge in [-0.25, -0.2) is 0 Å². The summed E-state index contributed by atoms with van der Waals surface area (Å²) in [5, 5.41) is 23.7. The molecule has 0 aromatic heterocycles. The van der Waals surface area contributed by atoms with Gasteiger partial charge in [0.05, 0.1) is 9.82 Å². The van der Waals surface area contributed by atoms with Gasteiger partial charge in [-0.1, -0.05) is 55.3 Å². The van der Waals surface area contributed by atoms with Gasteiger partial charge >= 0.3 is 5.97 Å². The van der Waals surface area contributed by atoms with Crippen LogP contribution >= 0.6 is 11.8 Å². The number of carboxylic acids is 1. The van der Waals surface area contributed by atoms with Crippen LogP contribution in [0.2, 0.25) is 0 Å². The second-order valence-corrected chi connectivity index (χ2v) is 7.50. The summed E-state index contributed by atoms with van der Waals surface area (Å²) < 4.78 is 0. The van der Waals surface area contributed by atoms with Crippen molar-refractivity contribution >= 4 is 23.4 Å². The molecule has 0 saturated carbocycles. The first-order valence-electron chi connectivity index (χ1n) is 8.88. The molecule has 0 heterocycles. The van der Waals surface area contributed by atoms with Crippen molar-refractivity contribution in [2.24, 2.45) is 0 Å². The molecule has 2 N–H and O–H groups in total. The molecule has 0 spiro atoms. The number of carbonyl (C=O) groups is 1. The van der Waals surface area contributed by atoms with Crippen molar-refractivity contribution in [3.63, 3.8) is 0 Å². The minimum Gasteiger partial charge on any atom is -0.480 e. The molecule has 7 heteroatoms. The molecule has 0 bridgehead atoms. The summed E-state index contributed by atoms with van der Waals surface area (Å²) in [5.41, 5.74) is 1.85.